The molecule has 1 aliphatic rings. The molecular weight excluding hydrogens is 384 g/mol. The summed E-state index contributed by atoms with van der Waals surface area (Å²) in [5.74, 6) is -0.291. The zero-order chi connectivity index (χ0) is 19.2. The maximum absolute atomic E-state index is 12.2. The number of amidine groups is 1. The van der Waals surface area contributed by atoms with Gasteiger partial charge < -0.3 is 5.32 Å². The van der Waals surface area contributed by atoms with Crippen LogP contribution in [0.2, 0.25) is 5.02 Å². The number of amides is 2. The second kappa shape index (κ2) is 8.71. The van der Waals surface area contributed by atoms with Crippen molar-refractivity contribution in [3.63, 3.8) is 0 Å². The number of anilines is 2. The molecule has 2 aromatic rings. The van der Waals surface area contributed by atoms with Crippen molar-refractivity contribution >= 4 is 51.7 Å². The highest BCUT2D eigenvalue weighted by atomic mass is 35.5. The summed E-state index contributed by atoms with van der Waals surface area (Å²) >= 11 is 7.36. The molecule has 0 bridgehead atoms. The number of carbonyl (C=O) groups excluding carboxylic acids is 2. The molecule has 0 aromatic heterocycles. The van der Waals surface area contributed by atoms with Gasteiger partial charge in [-0.05, 0) is 29.8 Å². The van der Waals surface area contributed by atoms with Crippen LogP contribution in [-0.4, -0.2) is 29.3 Å². The van der Waals surface area contributed by atoms with Gasteiger partial charge in [-0.1, -0.05) is 47.6 Å². The van der Waals surface area contributed by atoms with Crippen LogP contribution in [0.4, 0.5) is 11.4 Å². The lowest BCUT2D eigenvalue weighted by Gasteiger charge is -2.19. The summed E-state index contributed by atoms with van der Waals surface area (Å²) in [4.78, 5) is 30.0. The van der Waals surface area contributed by atoms with Gasteiger partial charge in [0, 0.05) is 5.69 Å². The van der Waals surface area contributed by atoms with E-state index in [1.165, 1.54) is 16.7 Å². The Morgan fingerprint density at radius 1 is 1.26 bits per heavy atom. The molecule has 0 atom stereocenters. The summed E-state index contributed by atoms with van der Waals surface area (Å²) < 4.78 is 0. The van der Waals surface area contributed by atoms with Gasteiger partial charge in [0.1, 0.15) is 6.54 Å². The Kier molecular flexibility index (Phi) is 6.12. The third kappa shape index (κ3) is 4.67. The predicted molar refractivity (Wildman–Crippen MR) is 108 cm³/mol. The smallest absolute Gasteiger partial charge is 0.254 e. The molecule has 0 unspecified atom stereocenters. The highest BCUT2D eigenvalue weighted by Gasteiger charge is 2.29. The number of hydrogen-bond donors (Lipinski definition) is 1. The molecule has 1 N–H and O–H groups in total. The molecule has 3 rings (SSSR count). The van der Waals surface area contributed by atoms with Crippen molar-refractivity contribution in [3.05, 3.63) is 59.1 Å². The standard InChI is InChI=1S/C19H15ClN4O2S/c20-15-3-1-2-4-16(15)24-18(26)11-22-19(24)27-12-17(25)23-14-7-5-13(6-8-14)9-10-21/h1-8H,9,11-12H2,(H,23,25). The number of benzene rings is 2. The van der Waals surface area contributed by atoms with E-state index >= 15 is 0 Å². The quantitative estimate of drug-likeness (QED) is 0.835. The first kappa shape index (κ1) is 19.0. The number of thioether (sulfide) groups is 1. The number of para-hydroxylation sites is 1. The molecule has 27 heavy (non-hydrogen) atoms. The molecular formula is C19H15ClN4O2S. The number of rotatable bonds is 5. The molecule has 1 aliphatic heterocycles. The summed E-state index contributed by atoms with van der Waals surface area (Å²) in [7, 11) is 0. The number of hydrogen-bond acceptors (Lipinski definition) is 5. The minimum atomic E-state index is -0.214. The molecule has 0 spiro atoms. The normalized spacial score (nSPS) is 13.3. The summed E-state index contributed by atoms with van der Waals surface area (Å²) in [6, 6.07) is 16.2. The second-order valence-electron chi connectivity index (χ2n) is 5.65. The van der Waals surface area contributed by atoms with Crippen LogP contribution < -0.4 is 10.2 Å². The SMILES string of the molecule is N#CCc1ccc(NC(=O)CSC2=NCC(=O)N2c2ccccc2Cl)cc1. The van der Waals surface area contributed by atoms with E-state index in [0.717, 1.165) is 5.56 Å². The van der Waals surface area contributed by atoms with Crippen molar-refractivity contribution < 1.29 is 9.59 Å². The second-order valence-corrected chi connectivity index (χ2v) is 7.00. The van der Waals surface area contributed by atoms with Crippen molar-refractivity contribution in [2.45, 2.75) is 6.42 Å². The summed E-state index contributed by atoms with van der Waals surface area (Å²) in [5.41, 5.74) is 2.09. The highest BCUT2D eigenvalue weighted by molar-refractivity contribution is 8.14. The third-order valence-corrected chi connectivity index (χ3v) is 5.03. The number of carbonyl (C=O) groups is 2. The Morgan fingerprint density at radius 3 is 2.70 bits per heavy atom. The molecule has 136 valence electrons. The van der Waals surface area contributed by atoms with E-state index in [2.05, 4.69) is 16.4 Å². The number of nitriles is 1. The van der Waals surface area contributed by atoms with Crippen molar-refractivity contribution in [3.8, 4) is 6.07 Å². The molecule has 2 amide bonds. The summed E-state index contributed by atoms with van der Waals surface area (Å²) in [6.07, 6.45) is 0.329. The molecule has 0 saturated carbocycles. The number of nitrogens with zero attached hydrogens (tertiary/aromatic N) is 3. The lowest BCUT2D eigenvalue weighted by molar-refractivity contribution is -0.116. The molecule has 0 radical (unpaired) electrons. The predicted octanol–water partition coefficient (Wildman–Crippen LogP) is 3.48. The van der Waals surface area contributed by atoms with Crippen molar-refractivity contribution in [2.24, 2.45) is 4.99 Å². The molecule has 0 aliphatic carbocycles. The van der Waals surface area contributed by atoms with Crippen LogP contribution in [0.25, 0.3) is 0 Å². The van der Waals surface area contributed by atoms with E-state index in [0.29, 0.717) is 28.0 Å². The first-order valence-electron chi connectivity index (χ1n) is 8.09. The topological polar surface area (TPSA) is 85.6 Å². The molecule has 0 fully saturated rings. The molecule has 1 heterocycles. The molecule has 8 heteroatoms. The maximum atomic E-state index is 12.2. The zero-order valence-corrected chi connectivity index (χ0v) is 15.8. The number of halogens is 1. The fourth-order valence-corrected chi connectivity index (χ4v) is 3.53. The molecule has 6 nitrogen and oxygen atoms in total. The third-order valence-electron chi connectivity index (χ3n) is 3.74. The lowest BCUT2D eigenvalue weighted by atomic mass is 10.1. The van der Waals surface area contributed by atoms with Crippen LogP contribution in [0.15, 0.2) is 53.5 Å². The van der Waals surface area contributed by atoms with Crippen LogP contribution in [-0.2, 0) is 16.0 Å². The van der Waals surface area contributed by atoms with E-state index in [9.17, 15) is 9.59 Å². The maximum Gasteiger partial charge on any atom is 0.254 e. The summed E-state index contributed by atoms with van der Waals surface area (Å²) in [5, 5.41) is 12.4. The van der Waals surface area contributed by atoms with E-state index < -0.39 is 0 Å². The Hall–Kier alpha value is -2.82. The van der Waals surface area contributed by atoms with Gasteiger partial charge in [-0.25, -0.2) is 0 Å². The van der Waals surface area contributed by atoms with Gasteiger partial charge in [0.25, 0.3) is 5.91 Å². The Bertz CT molecular complexity index is 937. The van der Waals surface area contributed by atoms with Crippen LogP contribution in [0.3, 0.4) is 0 Å². The van der Waals surface area contributed by atoms with Crippen LogP contribution in [0.5, 0.6) is 0 Å². The van der Waals surface area contributed by atoms with E-state index in [1.807, 2.05) is 0 Å². The number of nitrogens with one attached hydrogen (secondary N) is 1. The number of aliphatic imine (C=N–C) groups is 1. The van der Waals surface area contributed by atoms with Crippen molar-refractivity contribution in [2.75, 3.05) is 22.5 Å². The van der Waals surface area contributed by atoms with Crippen LogP contribution >= 0.6 is 23.4 Å². The average Bonchev–Trinajstić information content (AvgIpc) is 3.03. The van der Waals surface area contributed by atoms with Gasteiger partial charge >= 0.3 is 0 Å². The van der Waals surface area contributed by atoms with E-state index in [1.54, 1.807) is 48.5 Å². The minimum absolute atomic E-state index is 0.0372. The first-order valence-corrected chi connectivity index (χ1v) is 9.45. The van der Waals surface area contributed by atoms with Gasteiger partial charge in [0.15, 0.2) is 5.17 Å². The van der Waals surface area contributed by atoms with Gasteiger partial charge in [0.05, 0.1) is 29.0 Å². The minimum Gasteiger partial charge on any atom is -0.325 e. The lowest BCUT2D eigenvalue weighted by Crippen LogP contribution is -2.31. The van der Waals surface area contributed by atoms with Gasteiger partial charge in [0.2, 0.25) is 5.91 Å². The Morgan fingerprint density at radius 2 is 2.00 bits per heavy atom. The van der Waals surface area contributed by atoms with Gasteiger partial charge in [-0.3, -0.25) is 19.5 Å². The Labute approximate surface area is 165 Å². The van der Waals surface area contributed by atoms with E-state index in [-0.39, 0.29) is 24.1 Å². The first-order chi connectivity index (χ1) is 13.1. The Balaban J connectivity index is 1.60. The van der Waals surface area contributed by atoms with E-state index in [4.69, 9.17) is 16.9 Å². The van der Waals surface area contributed by atoms with Crippen LogP contribution in [0.1, 0.15) is 5.56 Å². The van der Waals surface area contributed by atoms with Gasteiger partial charge in [-0.2, -0.15) is 5.26 Å². The van der Waals surface area contributed by atoms with Crippen LogP contribution in [0, 0.1) is 11.3 Å². The molecule has 2 aromatic carbocycles. The monoisotopic (exact) mass is 398 g/mol. The fraction of sp³-hybridized carbons (Fsp3) is 0.158. The summed E-state index contributed by atoms with van der Waals surface area (Å²) in [6.45, 7) is 0.0372. The van der Waals surface area contributed by atoms with Crippen molar-refractivity contribution in [1.29, 1.82) is 5.26 Å². The largest absolute Gasteiger partial charge is 0.325 e. The molecule has 0 saturated heterocycles. The zero-order valence-electron chi connectivity index (χ0n) is 14.2. The average molecular weight is 399 g/mol. The van der Waals surface area contributed by atoms with Gasteiger partial charge in [-0.15, -0.1) is 0 Å². The highest BCUT2D eigenvalue weighted by Crippen LogP contribution is 2.30. The van der Waals surface area contributed by atoms with Crippen molar-refractivity contribution in [1.82, 2.24) is 0 Å². The fourth-order valence-electron chi connectivity index (χ4n) is 2.49.